The van der Waals surface area contributed by atoms with Gasteiger partial charge in [0, 0.05) is 27.9 Å². The molecule has 0 radical (unpaired) electrons. The first kappa shape index (κ1) is 10.1. The Labute approximate surface area is 101 Å². The van der Waals surface area contributed by atoms with Crippen molar-refractivity contribution < 1.29 is 9.34 Å². The monoisotopic (exact) mass is 247 g/mol. The maximum atomic E-state index is 10.7. The summed E-state index contributed by atoms with van der Waals surface area (Å²) in [4.78, 5) is 10.3. The minimum absolute atomic E-state index is 0.0418. The first-order chi connectivity index (χ1) is 8.15. The Morgan fingerprint density at radius 2 is 1.71 bits per heavy atom. The van der Waals surface area contributed by atoms with Crippen LogP contribution in [0.4, 0.5) is 5.69 Å². The third-order valence-electron chi connectivity index (χ3n) is 2.63. The molecule has 0 fully saturated rings. The predicted octanol–water partition coefficient (Wildman–Crippen LogP) is 4.15. The van der Waals surface area contributed by atoms with Crippen molar-refractivity contribution in [1.29, 1.82) is 0 Å². The molecule has 1 heterocycles. The molecule has 0 N–H and O–H groups in total. The van der Waals surface area contributed by atoms with Crippen LogP contribution in [0, 0.1) is 10.1 Å². The molecule has 3 aromatic rings. The van der Waals surface area contributed by atoms with Crippen molar-refractivity contribution in [3.05, 3.63) is 51.5 Å². The van der Waals surface area contributed by atoms with E-state index in [1.807, 2.05) is 0 Å². The highest BCUT2D eigenvalue weighted by Gasteiger charge is 2.12. The van der Waals surface area contributed by atoms with Crippen LogP contribution in [0.3, 0.4) is 0 Å². The molecule has 0 spiro atoms. The summed E-state index contributed by atoms with van der Waals surface area (Å²) in [7, 11) is 0. The van der Waals surface area contributed by atoms with Crippen LogP contribution in [-0.4, -0.2) is 4.92 Å². The van der Waals surface area contributed by atoms with Crippen molar-refractivity contribution in [1.82, 2.24) is 0 Å². The fraction of sp³-hybridized carbons (Fsp3) is 0. The molecule has 0 aliphatic carbocycles. The van der Waals surface area contributed by atoms with E-state index in [9.17, 15) is 10.1 Å². The average molecular weight is 248 g/mol. The van der Waals surface area contributed by atoms with Crippen molar-refractivity contribution in [2.24, 2.45) is 0 Å². The molecule has 3 rings (SSSR count). The van der Waals surface area contributed by atoms with Gasteiger partial charge in [0.05, 0.1) is 4.92 Å². The molecular formula is C12H6ClNO3. The van der Waals surface area contributed by atoms with Crippen LogP contribution >= 0.6 is 11.6 Å². The van der Waals surface area contributed by atoms with E-state index in [4.69, 9.17) is 16.0 Å². The third kappa shape index (κ3) is 1.54. The quantitative estimate of drug-likeness (QED) is 0.479. The maximum absolute atomic E-state index is 10.7. The first-order valence-electron chi connectivity index (χ1n) is 4.91. The van der Waals surface area contributed by atoms with E-state index < -0.39 is 4.92 Å². The summed E-state index contributed by atoms with van der Waals surface area (Å²) < 4.78 is 5.56. The number of hydrogen-bond acceptors (Lipinski definition) is 3. The van der Waals surface area contributed by atoms with E-state index in [1.54, 1.807) is 24.3 Å². The zero-order valence-corrected chi connectivity index (χ0v) is 9.27. The van der Waals surface area contributed by atoms with Gasteiger partial charge in [0.25, 0.3) is 5.69 Å². The van der Waals surface area contributed by atoms with Gasteiger partial charge in [0.2, 0.25) is 0 Å². The van der Waals surface area contributed by atoms with Crippen molar-refractivity contribution in [3.8, 4) is 0 Å². The summed E-state index contributed by atoms with van der Waals surface area (Å²) in [5.41, 5.74) is 1.33. The van der Waals surface area contributed by atoms with Gasteiger partial charge < -0.3 is 4.42 Å². The zero-order chi connectivity index (χ0) is 12.0. The molecule has 2 aromatic carbocycles. The smallest absolute Gasteiger partial charge is 0.270 e. The molecule has 0 aliphatic heterocycles. The van der Waals surface area contributed by atoms with Gasteiger partial charge in [0.1, 0.15) is 11.2 Å². The molecule has 0 aliphatic rings. The van der Waals surface area contributed by atoms with Gasteiger partial charge in [-0.15, -0.1) is 0 Å². The number of hydrogen-bond donors (Lipinski definition) is 0. The van der Waals surface area contributed by atoms with E-state index in [-0.39, 0.29) is 5.69 Å². The van der Waals surface area contributed by atoms with Gasteiger partial charge in [-0.1, -0.05) is 11.6 Å². The molecule has 0 amide bonds. The molecule has 0 atom stereocenters. The van der Waals surface area contributed by atoms with Crippen LogP contribution in [0.5, 0.6) is 0 Å². The second-order valence-corrected chi connectivity index (χ2v) is 4.12. The van der Waals surface area contributed by atoms with E-state index in [2.05, 4.69) is 0 Å². The Bertz CT molecular complexity index is 748. The van der Waals surface area contributed by atoms with E-state index in [1.165, 1.54) is 12.1 Å². The molecular weight excluding hydrogens is 242 g/mol. The Balaban J connectivity index is 2.43. The normalized spacial score (nSPS) is 11.1. The van der Waals surface area contributed by atoms with E-state index >= 15 is 0 Å². The molecule has 0 saturated carbocycles. The summed E-state index contributed by atoms with van der Waals surface area (Å²) in [5.74, 6) is 0. The van der Waals surface area contributed by atoms with Gasteiger partial charge >= 0.3 is 0 Å². The largest absolute Gasteiger partial charge is 0.456 e. The lowest BCUT2D eigenvalue weighted by atomic mass is 10.1. The highest BCUT2D eigenvalue weighted by molar-refractivity contribution is 6.31. The molecule has 5 heteroatoms. The summed E-state index contributed by atoms with van der Waals surface area (Å²) in [5, 5.41) is 12.8. The second-order valence-electron chi connectivity index (χ2n) is 3.68. The van der Waals surface area contributed by atoms with Crippen LogP contribution in [0.2, 0.25) is 5.02 Å². The lowest BCUT2D eigenvalue weighted by Crippen LogP contribution is -1.86. The lowest BCUT2D eigenvalue weighted by molar-refractivity contribution is -0.384. The molecule has 0 unspecified atom stereocenters. The van der Waals surface area contributed by atoms with Crippen molar-refractivity contribution in [2.45, 2.75) is 0 Å². The van der Waals surface area contributed by atoms with Crippen LogP contribution in [0.25, 0.3) is 21.9 Å². The minimum Gasteiger partial charge on any atom is -0.456 e. The van der Waals surface area contributed by atoms with Crippen molar-refractivity contribution in [3.63, 3.8) is 0 Å². The summed E-state index contributed by atoms with van der Waals surface area (Å²) in [6.45, 7) is 0. The highest BCUT2D eigenvalue weighted by Crippen LogP contribution is 2.32. The van der Waals surface area contributed by atoms with E-state index in [0.717, 1.165) is 5.39 Å². The van der Waals surface area contributed by atoms with Gasteiger partial charge in [-0.05, 0) is 24.3 Å². The predicted molar refractivity (Wildman–Crippen MR) is 65.4 cm³/mol. The molecule has 0 bridgehead atoms. The molecule has 4 nitrogen and oxygen atoms in total. The standard InChI is InChI=1S/C12H6ClNO3/c13-7-1-3-11-9(5-7)10-6-8(14(15)16)2-4-12(10)17-11/h1-6H. The number of nitrogens with zero attached hydrogens (tertiary/aromatic N) is 1. The SMILES string of the molecule is O=[N+]([O-])c1ccc2oc3ccc(Cl)cc3c2c1. The first-order valence-corrected chi connectivity index (χ1v) is 5.29. The zero-order valence-electron chi connectivity index (χ0n) is 8.51. The van der Waals surface area contributed by atoms with Gasteiger partial charge in [0.15, 0.2) is 0 Å². The fourth-order valence-electron chi connectivity index (χ4n) is 1.85. The summed E-state index contributed by atoms with van der Waals surface area (Å²) in [6.07, 6.45) is 0. The number of fused-ring (bicyclic) bond motifs is 3. The lowest BCUT2D eigenvalue weighted by Gasteiger charge is -1.91. The topological polar surface area (TPSA) is 56.3 Å². The average Bonchev–Trinajstić information content (AvgIpc) is 2.66. The number of furan rings is 1. The van der Waals surface area contributed by atoms with E-state index in [0.29, 0.717) is 21.6 Å². The third-order valence-corrected chi connectivity index (χ3v) is 2.86. The number of nitro groups is 1. The van der Waals surface area contributed by atoms with Gasteiger partial charge in [-0.2, -0.15) is 0 Å². The molecule has 1 aromatic heterocycles. The second kappa shape index (κ2) is 3.46. The van der Waals surface area contributed by atoms with Gasteiger partial charge in [-0.3, -0.25) is 10.1 Å². The minimum atomic E-state index is -0.428. The van der Waals surface area contributed by atoms with Crippen LogP contribution in [-0.2, 0) is 0 Å². The highest BCUT2D eigenvalue weighted by atomic mass is 35.5. The number of rotatable bonds is 1. The Morgan fingerprint density at radius 3 is 2.41 bits per heavy atom. The fourth-order valence-corrected chi connectivity index (χ4v) is 2.02. The number of halogens is 1. The molecule has 0 saturated heterocycles. The Kier molecular flexibility index (Phi) is 2.06. The Hall–Kier alpha value is -2.07. The van der Waals surface area contributed by atoms with Crippen LogP contribution < -0.4 is 0 Å². The maximum Gasteiger partial charge on any atom is 0.270 e. The van der Waals surface area contributed by atoms with Crippen LogP contribution in [0.1, 0.15) is 0 Å². The van der Waals surface area contributed by atoms with Crippen molar-refractivity contribution >= 4 is 39.2 Å². The molecule has 17 heavy (non-hydrogen) atoms. The van der Waals surface area contributed by atoms with Crippen LogP contribution in [0.15, 0.2) is 40.8 Å². The number of benzene rings is 2. The van der Waals surface area contributed by atoms with Gasteiger partial charge in [-0.25, -0.2) is 0 Å². The summed E-state index contributed by atoms with van der Waals surface area (Å²) in [6, 6.07) is 9.74. The Morgan fingerprint density at radius 1 is 1.06 bits per heavy atom. The number of nitro benzene ring substituents is 1. The number of non-ortho nitro benzene ring substituents is 1. The summed E-state index contributed by atoms with van der Waals surface area (Å²) >= 11 is 5.90. The molecule has 84 valence electrons. The van der Waals surface area contributed by atoms with Crippen molar-refractivity contribution in [2.75, 3.05) is 0 Å².